The molecule has 0 saturated carbocycles. The van der Waals surface area contributed by atoms with Crippen LogP contribution < -0.4 is 14.3 Å². The summed E-state index contributed by atoms with van der Waals surface area (Å²) in [6.07, 6.45) is 0.871. The molecule has 0 bridgehead atoms. The molecule has 0 radical (unpaired) electrons. The molecule has 0 unspecified atom stereocenters. The Bertz CT molecular complexity index is 1530. The highest BCUT2D eigenvalue weighted by atomic mass is 35.5. The van der Waals surface area contributed by atoms with Gasteiger partial charge in [0.25, 0.3) is 15.9 Å². The van der Waals surface area contributed by atoms with E-state index in [4.69, 9.17) is 23.2 Å². The Morgan fingerprint density at radius 3 is 2.11 bits per heavy atom. The van der Waals surface area contributed by atoms with Crippen molar-refractivity contribution < 1.29 is 26.4 Å². The van der Waals surface area contributed by atoms with Crippen molar-refractivity contribution in [3.05, 3.63) is 93.5 Å². The highest BCUT2D eigenvalue weighted by Gasteiger charge is 2.28. The Morgan fingerprint density at radius 2 is 1.51 bits per heavy atom. The molecule has 0 aromatic heterocycles. The topological polar surface area (TPSA) is 130 Å². The van der Waals surface area contributed by atoms with E-state index in [0.717, 1.165) is 10.6 Å². The highest BCUT2D eigenvalue weighted by molar-refractivity contribution is 7.92. The number of carbonyl (C=O) groups is 2. The van der Waals surface area contributed by atoms with E-state index in [1.165, 1.54) is 36.4 Å². The number of hydrogen-bond donors (Lipinski definition) is 2. The summed E-state index contributed by atoms with van der Waals surface area (Å²) >= 11 is 12.1. The minimum atomic E-state index is -4.16. The minimum absolute atomic E-state index is 0.0379. The molecule has 3 aromatic rings. The van der Waals surface area contributed by atoms with Gasteiger partial charge in [-0.2, -0.15) is 0 Å². The lowest BCUT2D eigenvalue weighted by Crippen LogP contribution is -2.41. The molecule has 0 aliphatic rings. The summed E-state index contributed by atoms with van der Waals surface area (Å²) < 4.78 is 52.3. The normalized spacial score (nSPS) is 11.6. The number of halogens is 2. The van der Waals surface area contributed by atoms with Crippen molar-refractivity contribution >= 4 is 60.8 Å². The van der Waals surface area contributed by atoms with Crippen LogP contribution in [0.5, 0.6) is 0 Å². The van der Waals surface area contributed by atoms with Gasteiger partial charge in [-0.3, -0.25) is 13.9 Å². The number of benzene rings is 3. The number of nitrogens with zero attached hydrogens (tertiary/aromatic N) is 1. The first kappa shape index (κ1) is 28.5. The molecule has 2 N–H and O–H groups in total. The van der Waals surface area contributed by atoms with E-state index in [0.29, 0.717) is 21.2 Å². The van der Waals surface area contributed by atoms with E-state index in [2.05, 4.69) is 5.32 Å². The van der Waals surface area contributed by atoms with E-state index in [1.807, 2.05) is 4.72 Å². The van der Waals surface area contributed by atoms with Crippen molar-refractivity contribution in [3.8, 4) is 0 Å². The Morgan fingerprint density at radius 1 is 0.892 bits per heavy atom. The minimum Gasteiger partial charge on any atom is -0.350 e. The van der Waals surface area contributed by atoms with Gasteiger partial charge < -0.3 is 5.32 Å². The first-order chi connectivity index (χ1) is 17.3. The van der Waals surface area contributed by atoms with Gasteiger partial charge in [0.05, 0.1) is 16.8 Å². The zero-order chi connectivity index (χ0) is 27.4. The van der Waals surface area contributed by atoms with Gasteiger partial charge in [-0.25, -0.2) is 21.6 Å². The molecule has 37 heavy (non-hydrogen) atoms. The van der Waals surface area contributed by atoms with Crippen LogP contribution in [0.4, 0.5) is 5.69 Å². The lowest BCUT2D eigenvalue weighted by atomic mass is 10.1. The second-order valence-corrected chi connectivity index (χ2v) is 12.5. The van der Waals surface area contributed by atoms with Crippen LogP contribution >= 0.6 is 23.2 Å². The first-order valence-electron chi connectivity index (χ1n) is 10.7. The predicted octanol–water partition coefficient (Wildman–Crippen LogP) is 3.50. The zero-order valence-electron chi connectivity index (χ0n) is 19.7. The van der Waals surface area contributed by atoms with Crippen molar-refractivity contribution in [2.24, 2.45) is 0 Å². The van der Waals surface area contributed by atoms with Crippen LogP contribution in [-0.4, -0.2) is 41.5 Å². The van der Waals surface area contributed by atoms with Crippen LogP contribution in [0.3, 0.4) is 0 Å². The molecule has 0 aliphatic heterocycles. The molecular formula is C24H23Cl2N3O6S2. The maximum Gasteiger partial charge on any atom is 0.264 e. The summed E-state index contributed by atoms with van der Waals surface area (Å²) in [5.74, 6) is -1.37. The average molecular weight is 585 g/mol. The maximum atomic E-state index is 13.5. The second kappa shape index (κ2) is 11.5. The SMILES string of the molecule is Cc1c(Cl)cccc1N(CC(=O)NCc1ccc(C(=O)NS(C)(=O)=O)cc1)S(=O)(=O)c1ccc(Cl)cc1. The second-order valence-electron chi connectivity index (χ2n) is 8.03. The van der Waals surface area contributed by atoms with E-state index in [9.17, 15) is 26.4 Å². The molecule has 196 valence electrons. The predicted molar refractivity (Wildman–Crippen MR) is 143 cm³/mol. The third-order valence-corrected chi connectivity index (χ3v) is 8.17. The molecule has 0 fully saturated rings. The van der Waals surface area contributed by atoms with Crippen LogP contribution in [0.25, 0.3) is 0 Å². The fourth-order valence-electron chi connectivity index (χ4n) is 3.29. The van der Waals surface area contributed by atoms with Crippen LogP contribution in [0.1, 0.15) is 21.5 Å². The van der Waals surface area contributed by atoms with Crippen molar-refractivity contribution in [3.63, 3.8) is 0 Å². The summed E-state index contributed by atoms with van der Waals surface area (Å²) in [6.45, 7) is 1.17. The summed E-state index contributed by atoms with van der Waals surface area (Å²) in [5.41, 5.74) is 1.46. The molecule has 0 atom stereocenters. The molecule has 0 heterocycles. The largest absolute Gasteiger partial charge is 0.350 e. The molecular weight excluding hydrogens is 561 g/mol. The van der Waals surface area contributed by atoms with Crippen molar-refractivity contribution in [1.29, 1.82) is 0 Å². The molecule has 13 heteroatoms. The Balaban J connectivity index is 1.79. The quantitative estimate of drug-likeness (QED) is 0.396. The molecule has 0 spiro atoms. The number of anilines is 1. The van der Waals surface area contributed by atoms with Gasteiger partial charge in [-0.1, -0.05) is 41.4 Å². The molecule has 0 aliphatic carbocycles. The number of hydrogen-bond acceptors (Lipinski definition) is 6. The van der Waals surface area contributed by atoms with Gasteiger partial charge in [0.15, 0.2) is 0 Å². The summed E-state index contributed by atoms with van der Waals surface area (Å²) in [5, 5.41) is 3.36. The summed E-state index contributed by atoms with van der Waals surface area (Å²) in [6, 6.07) is 16.3. The molecule has 0 saturated heterocycles. The van der Waals surface area contributed by atoms with Crippen molar-refractivity contribution in [1.82, 2.24) is 10.0 Å². The lowest BCUT2D eigenvalue weighted by Gasteiger charge is -2.26. The first-order valence-corrected chi connectivity index (χ1v) is 14.8. The highest BCUT2D eigenvalue weighted by Crippen LogP contribution is 2.31. The molecule has 9 nitrogen and oxygen atoms in total. The standard InChI is InChI=1S/C24H23Cl2N3O6S2/c1-16-21(26)4-3-5-22(16)29(37(34,35)20-12-10-19(25)11-13-20)15-23(30)27-14-17-6-8-18(9-7-17)24(31)28-36(2,32)33/h3-13H,14-15H2,1-2H3,(H,27,30)(H,28,31). The van der Waals surface area contributed by atoms with Gasteiger partial charge in [0.1, 0.15) is 6.54 Å². The maximum absolute atomic E-state index is 13.5. The van der Waals surface area contributed by atoms with Gasteiger partial charge in [0, 0.05) is 22.2 Å². The van der Waals surface area contributed by atoms with Gasteiger partial charge >= 0.3 is 0 Å². The number of rotatable bonds is 9. The van der Waals surface area contributed by atoms with Gasteiger partial charge in [-0.05, 0) is 66.6 Å². The van der Waals surface area contributed by atoms with Crippen LogP contribution in [0.15, 0.2) is 71.6 Å². The Labute approximate surface area is 225 Å². The van der Waals surface area contributed by atoms with Gasteiger partial charge in [-0.15, -0.1) is 0 Å². The van der Waals surface area contributed by atoms with E-state index in [1.54, 1.807) is 37.3 Å². The fraction of sp³-hybridized carbons (Fsp3) is 0.167. The molecule has 3 aromatic carbocycles. The Kier molecular flexibility index (Phi) is 8.85. The summed E-state index contributed by atoms with van der Waals surface area (Å²) in [4.78, 5) is 24.7. The fourth-order valence-corrected chi connectivity index (χ4v) is 5.52. The van der Waals surface area contributed by atoms with Gasteiger partial charge in [0.2, 0.25) is 15.9 Å². The number of sulfonamides is 2. The number of nitrogens with one attached hydrogen (secondary N) is 2. The lowest BCUT2D eigenvalue weighted by molar-refractivity contribution is -0.119. The van der Waals surface area contributed by atoms with Crippen molar-refractivity contribution in [2.75, 3.05) is 17.1 Å². The summed E-state index contributed by atoms with van der Waals surface area (Å²) in [7, 11) is -7.86. The number of carbonyl (C=O) groups excluding carboxylic acids is 2. The third-order valence-electron chi connectivity index (χ3n) is 5.18. The third kappa shape index (κ3) is 7.45. The zero-order valence-corrected chi connectivity index (χ0v) is 22.9. The molecule has 3 rings (SSSR count). The van der Waals surface area contributed by atoms with E-state index in [-0.39, 0.29) is 22.7 Å². The number of amides is 2. The monoisotopic (exact) mass is 583 g/mol. The van der Waals surface area contributed by atoms with Crippen LogP contribution in [0, 0.1) is 6.92 Å². The van der Waals surface area contributed by atoms with E-state index < -0.39 is 38.4 Å². The van der Waals surface area contributed by atoms with Crippen molar-refractivity contribution in [2.45, 2.75) is 18.4 Å². The smallest absolute Gasteiger partial charge is 0.264 e. The van der Waals surface area contributed by atoms with Crippen LogP contribution in [-0.2, 0) is 31.4 Å². The molecule has 2 amide bonds. The van der Waals surface area contributed by atoms with Crippen LogP contribution in [0.2, 0.25) is 10.0 Å². The average Bonchev–Trinajstić information content (AvgIpc) is 2.82. The Hall–Kier alpha value is -3.12. The van der Waals surface area contributed by atoms with E-state index >= 15 is 0 Å².